The maximum Gasteiger partial charge on any atom is 0.264 e. The zero-order valence-corrected chi connectivity index (χ0v) is 27.3. The number of halogens is 3. The van der Waals surface area contributed by atoms with Gasteiger partial charge in [-0.05, 0) is 74.2 Å². The Morgan fingerprint density at radius 1 is 0.907 bits per heavy atom. The van der Waals surface area contributed by atoms with Gasteiger partial charge in [-0.15, -0.1) is 0 Å². The molecule has 1 aliphatic carbocycles. The minimum absolute atomic E-state index is 0.0178. The monoisotopic (exact) mass is 663 g/mol. The first-order valence-corrected chi connectivity index (χ1v) is 17.0. The van der Waals surface area contributed by atoms with E-state index in [0.717, 1.165) is 36.4 Å². The van der Waals surface area contributed by atoms with Gasteiger partial charge in [0, 0.05) is 33.2 Å². The molecule has 0 unspecified atom stereocenters. The van der Waals surface area contributed by atoms with Crippen molar-refractivity contribution in [3.63, 3.8) is 0 Å². The molecule has 2 amide bonds. The summed E-state index contributed by atoms with van der Waals surface area (Å²) in [6.07, 6.45) is 5.28. The summed E-state index contributed by atoms with van der Waals surface area (Å²) in [6, 6.07) is 16.9. The van der Waals surface area contributed by atoms with Crippen molar-refractivity contribution in [1.29, 1.82) is 0 Å². The SMILES string of the molecule is CC[C@@H](C(=O)NC1CCCCC1)N(Cc1c(Cl)cccc1Cl)C(=O)CN(c1ccccc1C)S(=O)(=O)c1ccc(Cl)cc1. The number of carbonyl (C=O) groups is 2. The maximum absolute atomic E-state index is 14.3. The first-order chi connectivity index (χ1) is 20.5. The van der Waals surface area contributed by atoms with Gasteiger partial charge < -0.3 is 10.2 Å². The number of aryl methyl sites for hydroxylation is 1. The van der Waals surface area contributed by atoms with E-state index in [0.29, 0.717) is 38.3 Å². The molecule has 0 aromatic heterocycles. The molecule has 230 valence electrons. The van der Waals surface area contributed by atoms with E-state index in [-0.39, 0.29) is 23.4 Å². The average molecular weight is 665 g/mol. The molecule has 4 rings (SSSR count). The van der Waals surface area contributed by atoms with E-state index in [1.54, 1.807) is 49.4 Å². The van der Waals surface area contributed by atoms with Gasteiger partial charge in [0.25, 0.3) is 10.0 Å². The zero-order valence-electron chi connectivity index (χ0n) is 24.2. The fourth-order valence-electron chi connectivity index (χ4n) is 5.41. The Bertz CT molecular complexity index is 1520. The van der Waals surface area contributed by atoms with Crippen molar-refractivity contribution in [2.24, 2.45) is 0 Å². The quantitative estimate of drug-likeness (QED) is 0.231. The number of carbonyl (C=O) groups excluding carboxylic acids is 2. The van der Waals surface area contributed by atoms with E-state index >= 15 is 0 Å². The number of hydrogen-bond acceptors (Lipinski definition) is 4. The van der Waals surface area contributed by atoms with Gasteiger partial charge in [-0.25, -0.2) is 8.42 Å². The third kappa shape index (κ3) is 8.04. The van der Waals surface area contributed by atoms with Crippen LogP contribution in [0.1, 0.15) is 56.6 Å². The van der Waals surface area contributed by atoms with Crippen molar-refractivity contribution < 1.29 is 18.0 Å². The van der Waals surface area contributed by atoms with Crippen LogP contribution in [-0.2, 0) is 26.2 Å². The summed E-state index contributed by atoms with van der Waals surface area (Å²) >= 11 is 19.1. The van der Waals surface area contributed by atoms with Crippen LogP contribution in [0.25, 0.3) is 0 Å². The van der Waals surface area contributed by atoms with Crippen LogP contribution in [0.15, 0.2) is 71.6 Å². The lowest BCUT2D eigenvalue weighted by Gasteiger charge is -2.35. The summed E-state index contributed by atoms with van der Waals surface area (Å²) < 4.78 is 29.2. The number of amides is 2. The van der Waals surface area contributed by atoms with E-state index in [1.807, 2.05) is 6.92 Å². The molecule has 3 aromatic rings. The molecule has 1 N–H and O–H groups in total. The molecule has 3 aromatic carbocycles. The third-order valence-corrected chi connectivity index (χ3v) is 10.5. The second kappa shape index (κ2) is 14.8. The summed E-state index contributed by atoms with van der Waals surface area (Å²) in [6.45, 7) is 2.97. The number of nitrogens with zero attached hydrogens (tertiary/aromatic N) is 2. The molecule has 0 bridgehead atoms. The lowest BCUT2D eigenvalue weighted by molar-refractivity contribution is -0.140. The topological polar surface area (TPSA) is 86.8 Å². The van der Waals surface area contributed by atoms with Gasteiger partial charge in [-0.2, -0.15) is 0 Å². The van der Waals surface area contributed by atoms with Crippen LogP contribution in [0.5, 0.6) is 0 Å². The molecule has 43 heavy (non-hydrogen) atoms. The van der Waals surface area contributed by atoms with E-state index in [1.165, 1.54) is 29.2 Å². The highest BCUT2D eigenvalue weighted by Gasteiger charge is 2.35. The van der Waals surface area contributed by atoms with Crippen molar-refractivity contribution in [3.8, 4) is 0 Å². The summed E-state index contributed by atoms with van der Waals surface area (Å²) in [5, 5.41) is 4.21. The first kappa shape index (κ1) is 33.1. The number of sulfonamides is 1. The Morgan fingerprint density at radius 2 is 1.53 bits per heavy atom. The summed E-state index contributed by atoms with van der Waals surface area (Å²) in [4.78, 5) is 29.4. The van der Waals surface area contributed by atoms with Gasteiger partial charge in [0.1, 0.15) is 12.6 Å². The highest BCUT2D eigenvalue weighted by molar-refractivity contribution is 7.92. The molecular weight excluding hydrogens is 629 g/mol. The Labute approximate surface area is 269 Å². The molecule has 0 heterocycles. The van der Waals surface area contributed by atoms with E-state index in [9.17, 15) is 18.0 Å². The van der Waals surface area contributed by atoms with Gasteiger partial charge in [-0.3, -0.25) is 13.9 Å². The fourth-order valence-corrected chi connectivity index (χ4v) is 7.53. The maximum atomic E-state index is 14.3. The highest BCUT2D eigenvalue weighted by Crippen LogP contribution is 2.30. The standard InChI is InChI=1S/C32H36Cl3N3O4S/c1-3-29(32(40)36-24-11-5-4-6-12-24)37(20-26-27(34)13-9-14-28(26)35)31(39)21-38(30-15-8-7-10-22(30)2)43(41,42)25-18-16-23(33)17-19-25/h7-10,13-19,24,29H,3-6,11-12,20-21H2,1-2H3,(H,36,40)/t29-/m0/s1. The van der Waals surface area contributed by atoms with Crippen LogP contribution >= 0.6 is 34.8 Å². The molecule has 0 saturated heterocycles. The number of anilines is 1. The van der Waals surface area contributed by atoms with Crippen LogP contribution in [0.3, 0.4) is 0 Å². The van der Waals surface area contributed by atoms with Crippen molar-refractivity contribution in [3.05, 3.63) is 92.9 Å². The number of para-hydroxylation sites is 1. The molecule has 0 spiro atoms. The largest absolute Gasteiger partial charge is 0.352 e. The Hall–Kier alpha value is -2.78. The van der Waals surface area contributed by atoms with Gasteiger partial charge in [0.05, 0.1) is 10.6 Å². The molecule has 1 saturated carbocycles. The number of nitrogens with one attached hydrogen (secondary N) is 1. The molecule has 1 atom stereocenters. The Kier molecular flexibility index (Phi) is 11.4. The van der Waals surface area contributed by atoms with Crippen molar-refractivity contribution in [2.75, 3.05) is 10.8 Å². The van der Waals surface area contributed by atoms with Gasteiger partial charge in [-0.1, -0.05) is 85.3 Å². The molecule has 0 radical (unpaired) electrons. The summed E-state index contributed by atoms with van der Waals surface area (Å²) in [7, 11) is -4.21. The average Bonchev–Trinajstić information content (AvgIpc) is 2.98. The smallest absolute Gasteiger partial charge is 0.264 e. The van der Waals surface area contributed by atoms with Crippen molar-refractivity contribution in [1.82, 2.24) is 10.2 Å². The van der Waals surface area contributed by atoms with E-state index in [4.69, 9.17) is 34.8 Å². The second-order valence-electron chi connectivity index (χ2n) is 10.7. The van der Waals surface area contributed by atoms with Crippen LogP contribution in [-0.4, -0.2) is 43.8 Å². The lowest BCUT2D eigenvalue weighted by Crippen LogP contribution is -2.54. The Balaban J connectivity index is 1.75. The minimum atomic E-state index is -4.21. The van der Waals surface area contributed by atoms with Gasteiger partial charge in [0.2, 0.25) is 11.8 Å². The predicted octanol–water partition coefficient (Wildman–Crippen LogP) is 7.41. The van der Waals surface area contributed by atoms with Gasteiger partial charge >= 0.3 is 0 Å². The normalized spacial score (nSPS) is 14.6. The van der Waals surface area contributed by atoms with Crippen molar-refractivity contribution >= 4 is 62.3 Å². The zero-order chi connectivity index (χ0) is 31.1. The summed E-state index contributed by atoms with van der Waals surface area (Å²) in [5.41, 5.74) is 1.49. The first-order valence-electron chi connectivity index (χ1n) is 14.4. The van der Waals surface area contributed by atoms with Crippen LogP contribution in [0.2, 0.25) is 15.1 Å². The molecule has 1 aliphatic rings. The van der Waals surface area contributed by atoms with Crippen molar-refractivity contribution in [2.45, 2.75) is 75.9 Å². The molecular formula is C32H36Cl3N3O4S. The van der Waals surface area contributed by atoms with Crippen LogP contribution < -0.4 is 9.62 Å². The molecule has 7 nitrogen and oxygen atoms in total. The second-order valence-corrected chi connectivity index (χ2v) is 13.9. The summed E-state index contributed by atoms with van der Waals surface area (Å²) in [5.74, 6) is -0.851. The third-order valence-electron chi connectivity index (χ3n) is 7.79. The van der Waals surface area contributed by atoms with Crippen LogP contribution in [0, 0.1) is 6.92 Å². The predicted molar refractivity (Wildman–Crippen MR) is 173 cm³/mol. The van der Waals surface area contributed by atoms with Gasteiger partial charge in [0.15, 0.2) is 0 Å². The minimum Gasteiger partial charge on any atom is -0.352 e. The molecule has 11 heteroatoms. The van der Waals surface area contributed by atoms with E-state index < -0.39 is 28.5 Å². The number of hydrogen-bond donors (Lipinski definition) is 1. The van der Waals surface area contributed by atoms with E-state index in [2.05, 4.69) is 5.32 Å². The highest BCUT2D eigenvalue weighted by atomic mass is 35.5. The van der Waals surface area contributed by atoms with Crippen LogP contribution in [0.4, 0.5) is 5.69 Å². The number of benzene rings is 3. The fraction of sp³-hybridized carbons (Fsp3) is 0.375. The number of rotatable bonds is 11. The lowest BCUT2D eigenvalue weighted by atomic mass is 9.95. The molecule has 1 fully saturated rings. The Morgan fingerprint density at radius 3 is 2.14 bits per heavy atom. The molecule has 0 aliphatic heterocycles.